The Bertz CT molecular complexity index is 99.2. The minimum atomic E-state index is -4.67. The molecule has 0 amide bonds. The predicted molar refractivity (Wildman–Crippen MR) is 30.0 cm³/mol. The van der Waals surface area contributed by atoms with Crippen molar-refractivity contribution in [3.63, 3.8) is 0 Å². The van der Waals surface area contributed by atoms with E-state index in [1.54, 1.807) is 0 Å². The molecule has 0 atom stereocenters. The van der Waals surface area contributed by atoms with E-state index in [1.165, 1.54) is 0 Å². The molecule has 8 heteroatoms. The SMILES string of the molecule is Cl.O=S(=O)(O)O.[Fe].[MgH2]. The molecule has 0 bridgehead atoms. The van der Waals surface area contributed by atoms with Gasteiger partial charge in [-0.3, -0.25) is 9.11 Å². The van der Waals surface area contributed by atoms with Gasteiger partial charge in [0.25, 0.3) is 0 Å². The first kappa shape index (κ1) is 22.7. The van der Waals surface area contributed by atoms with Gasteiger partial charge in [0.1, 0.15) is 0 Å². The molecule has 0 aromatic carbocycles. The summed E-state index contributed by atoms with van der Waals surface area (Å²) in [7, 11) is -4.67. The molecular formula is H5ClFeMgO4S. The monoisotopic (exact) mass is 216 g/mol. The maximum absolute atomic E-state index is 8.74. The van der Waals surface area contributed by atoms with Crippen molar-refractivity contribution in [1.82, 2.24) is 0 Å². The summed E-state index contributed by atoms with van der Waals surface area (Å²) in [5, 5.41) is 0. The number of rotatable bonds is 0. The summed E-state index contributed by atoms with van der Waals surface area (Å²) < 4.78 is 31.6. The fourth-order valence-electron chi connectivity index (χ4n) is 0. The number of hydrogen-bond donors (Lipinski definition) is 2. The molecule has 0 aromatic heterocycles. The van der Waals surface area contributed by atoms with Crippen LogP contribution in [0.15, 0.2) is 0 Å². The summed E-state index contributed by atoms with van der Waals surface area (Å²) in [4.78, 5) is 0. The van der Waals surface area contributed by atoms with Crippen LogP contribution in [0.1, 0.15) is 0 Å². The van der Waals surface area contributed by atoms with Crippen molar-refractivity contribution in [2.45, 2.75) is 0 Å². The number of hydrogen-bond acceptors (Lipinski definition) is 2. The van der Waals surface area contributed by atoms with Gasteiger partial charge >= 0.3 is 33.5 Å². The van der Waals surface area contributed by atoms with Gasteiger partial charge < -0.3 is 0 Å². The zero-order chi connectivity index (χ0) is 4.50. The summed E-state index contributed by atoms with van der Waals surface area (Å²) >= 11 is 0. The van der Waals surface area contributed by atoms with Crippen LogP contribution in [0.5, 0.6) is 0 Å². The Hall–Kier alpha value is 1.45. The van der Waals surface area contributed by atoms with E-state index in [-0.39, 0.29) is 52.5 Å². The molecule has 0 heterocycles. The summed E-state index contributed by atoms with van der Waals surface area (Å²) in [5.74, 6) is 0. The maximum Gasteiger partial charge on any atom is 0.394 e. The standard InChI is InChI=1S/ClH.Fe.Mg.H2O4S.2H/c;;;1-5(2,3)4;;/h1H;;;(H2,1,2,3,4);;. The Kier molecular flexibility index (Phi) is 24.0. The van der Waals surface area contributed by atoms with E-state index in [0.29, 0.717) is 0 Å². The van der Waals surface area contributed by atoms with E-state index >= 15 is 0 Å². The van der Waals surface area contributed by atoms with Crippen LogP contribution in [-0.2, 0) is 27.5 Å². The van der Waals surface area contributed by atoms with Crippen molar-refractivity contribution in [3.8, 4) is 0 Å². The molecule has 4 nitrogen and oxygen atoms in total. The first-order valence-electron chi connectivity index (χ1n) is 0.698. The average Bonchev–Trinajstić information content (AvgIpc) is 0.722. The van der Waals surface area contributed by atoms with Gasteiger partial charge in [0.15, 0.2) is 0 Å². The molecule has 0 fully saturated rings. The van der Waals surface area contributed by atoms with Crippen LogP contribution in [0, 0.1) is 0 Å². The molecule has 0 saturated carbocycles. The molecule has 8 heavy (non-hydrogen) atoms. The second-order valence-electron chi connectivity index (χ2n) is 0.448. The van der Waals surface area contributed by atoms with Crippen molar-refractivity contribution in [1.29, 1.82) is 0 Å². The largest absolute Gasteiger partial charge is 0.394 e. The maximum atomic E-state index is 8.74. The van der Waals surface area contributed by atoms with Gasteiger partial charge in [-0.05, 0) is 0 Å². The van der Waals surface area contributed by atoms with Crippen LogP contribution in [-0.4, -0.2) is 40.6 Å². The molecule has 52 valence electrons. The van der Waals surface area contributed by atoms with Gasteiger partial charge in [-0.25, -0.2) is 0 Å². The van der Waals surface area contributed by atoms with Crippen LogP contribution in [0.25, 0.3) is 0 Å². The molecule has 0 aromatic rings. The second kappa shape index (κ2) is 8.45. The molecule has 0 saturated heterocycles. The fraction of sp³-hybridized carbons (Fsp3) is 0. The van der Waals surface area contributed by atoms with Crippen LogP contribution in [0.2, 0.25) is 0 Å². The van der Waals surface area contributed by atoms with Gasteiger partial charge in [-0.15, -0.1) is 12.4 Å². The molecule has 0 aliphatic carbocycles. The minimum absolute atomic E-state index is 0. The molecule has 2 N–H and O–H groups in total. The van der Waals surface area contributed by atoms with Gasteiger partial charge in [-0.1, -0.05) is 0 Å². The topological polar surface area (TPSA) is 74.6 Å². The van der Waals surface area contributed by atoms with Crippen molar-refractivity contribution >= 4 is 45.9 Å². The van der Waals surface area contributed by atoms with E-state index in [4.69, 9.17) is 17.5 Å². The van der Waals surface area contributed by atoms with E-state index in [1.807, 2.05) is 0 Å². The molecule has 0 rings (SSSR count). The zero-order valence-electron chi connectivity index (χ0n) is 2.88. The molecule has 0 spiro atoms. The third-order valence-corrected chi connectivity index (χ3v) is 0. The smallest absolute Gasteiger partial charge is 0.264 e. The number of halogens is 1. The van der Waals surface area contributed by atoms with E-state index in [9.17, 15) is 0 Å². The summed E-state index contributed by atoms with van der Waals surface area (Å²) in [5.41, 5.74) is 0. The Balaban J connectivity index is -0.0000000267. The Morgan fingerprint density at radius 3 is 1.12 bits per heavy atom. The average molecular weight is 217 g/mol. The van der Waals surface area contributed by atoms with Crippen LogP contribution in [0.4, 0.5) is 0 Å². The fourth-order valence-corrected chi connectivity index (χ4v) is 0. The third kappa shape index (κ3) is 148. The Morgan fingerprint density at radius 1 is 1.12 bits per heavy atom. The predicted octanol–water partition coefficient (Wildman–Crippen LogP) is -1.15. The molecule has 0 radical (unpaired) electrons. The summed E-state index contributed by atoms with van der Waals surface area (Å²) in [6.45, 7) is 0. The summed E-state index contributed by atoms with van der Waals surface area (Å²) in [6.07, 6.45) is 0. The molecular weight excluding hydrogens is 212 g/mol. The molecule has 0 aliphatic rings. The van der Waals surface area contributed by atoms with Gasteiger partial charge in [0.05, 0.1) is 0 Å². The van der Waals surface area contributed by atoms with Gasteiger partial charge in [-0.2, -0.15) is 8.42 Å². The molecule has 0 unspecified atom stereocenters. The van der Waals surface area contributed by atoms with Crippen LogP contribution >= 0.6 is 12.4 Å². The quantitative estimate of drug-likeness (QED) is 0.396. The van der Waals surface area contributed by atoms with E-state index < -0.39 is 10.4 Å². The van der Waals surface area contributed by atoms with Gasteiger partial charge in [0, 0.05) is 17.1 Å². The summed E-state index contributed by atoms with van der Waals surface area (Å²) in [6, 6.07) is 0. The van der Waals surface area contributed by atoms with E-state index in [0.717, 1.165) is 0 Å². The van der Waals surface area contributed by atoms with E-state index in [2.05, 4.69) is 0 Å². The first-order chi connectivity index (χ1) is 2.00. The van der Waals surface area contributed by atoms with Crippen molar-refractivity contribution in [2.75, 3.05) is 0 Å². The molecule has 0 aliphatic heterocycles. The van der Waals surface area contributed by atoms with Crippen molar-refractivity contribution < 1.29 is 34.6 Å². The zero-order valence-corrected chi connectivity index (χ0v) is 5.62. The van der Waals surface area contributed by atoms with Crippen molar-refractivity contribution in [2.24, 2.45) is 0 Å². The third-order valence-electron chi connectivity index (χ3n) is 0. The Labute approximate surface area is 80.0 Å². The van der Waals surface area contributed by atoms with Crippen LogP contribution < -0.4 is 0 Å². The first-order valence-corrected chi connectivity index (χ1v) is 2.10. The normalized spacial score (nSPS) is 7.25. The minimum Gasteiger partial charge on any atom is -0.264 e. The van der Waals surface area contributed by atoms with Gasteiger partial charge in [0.2, 0.25) is 0 Å². The second-order valence-corrected chi connectivity index (χ2v) is 1.34. The van der Waals surface area contributed by atoms with Crippen molar-refractivity contribution in [3.05, 3.63) is 0 Å². The Morgan fingerprint density at radius 2 is 1.12 bits per heavy atom. The van der Waals surface area contributed by atoms with Crippen LogP contribution in [0.3, 0.4) is 0 Å².